The summed E-state index contributed by atoms with van der Waals surface area (Å²) < 4.78 is 29.6. The molecule has 3 aromatic rings. The Labute approximate surface area is 241 Å². The smallest absolute Gasteiger partial charge is 0.266 e. The molecular weight excluding hydrogens is 571 g/mol. The second kappa shape index (κ2) is 10.5. The summed E-state index contributed by atoms with van der Waals surface area (Å²) in [6.45, 7) is 0. The number of carbonyl (C=O) groups excluding carboxylic acids is 1. The zero-order valence-electron chi connectivity index (χ0n) is 21.0. The molecule has 3 aliphatic heterocycles. The van der Waals surface area contributed by atoms with Crippen molar-refractivity contribution in [3.63, 3.8) is 0 Å². The molecule has 2 saturated heterocycles. The molecule has 2 aromatic carbocycles. The third-order valence-corrected chi connectivity index (χ3v) is 11.1. The summed E-state index contributed by atoms with van der Waals surface area (Å²) in [5.41, 5.74) is 4.00. The average molecular weight is 596 g/mol. The summed E-state index contributed by atoms with van der Waals surface area (Å²) in [5.74, 6) is 0.660. The number of amides is 1. The van der Waals surface area contributed by atoms with E-state index in [2.05, 4.69) is 28.6 Å². The van der Waals surface area contributed by atoms with Crippen LogP contribution in [0.5, 0.6) is 5.75 Å². The number of benzene rings is 2. The van der Waals surface area contributed by atoms with Gasteiger partial charge in [0.25, 0.3) is 5.91 Å². The van der Waals surface area contributed by atoms with Gasteiger partial charge in [0.05, 0.1) is 51.9 Å². The van der Waals surface area contributed by atoms with E-state index in [1.807, 2.05) is 48.5 Å². The number of anilines is 1. The SMILES string of the molecule is COc1ccc([C@@H]2CC(c3cccs3)=NN2c2ccc(/C=C3\SC(=S)N([C@H]4CCS(=O)(=O)C4)C3=O)cc2)cc1. The maximum atomic E-state index is 13.1. The summed E-state index contributed by atoms with van der Waals surface area (Å²) >= 11 is 8.35. The molecule has 1 aromatic heterocycles. The molecule has 39 heavy (non-hydrogen) atoms. The van der Waals surface area contributed by atoms with Crippen LogP contribution >= 0.6 is 35.3 Å². The van der Waals surface area contributed by atoms with Crippen molar-refractivity contribution in [3.8, 4) is 5.75 Å². The van der Waals surface area contributed by atoms with Crippen molar-refractivity contribution in [1.29, 1.82) is 0 Å². The Morgan fingerprint density at radius 3 is 2.51 bits per heavy atom. The van der Waals surface area contributed by atoms with Crippen LogP contribution in [0.1, 0.15) is 34.9 Å². The molecule has 6 rings (SSSR count). The molecular formula is C28H25N3O4S4. The number of sulfone groups is 1. The van der Waals surface area contributed by atoms with Gasteiger partial charge in [0.15, 0.2) is 9.84 Å². The molecule has 7 nitrogen and oxygen atoms in total. The van der Waals surface area contributed by atoms with Gasteiger partial charge < -0.3 is 4.74 Å². The number of methoxy groups -OCH3 is 1. The van der Waals surface area contributed by atoms with Crippen molar-refractivity contribution in [2.45, 2.75) is 24.9 Å². The van der Waals surface area contributed by atoms with Crippen molar-refractivity contribution in [2.75, 3.05) is 23.6 Å². The molecule has 4 heterocycles. The molecule has 3 aliphatic rings. The Hall–Kier alpha value is -2.99. The first-order chi connectivity index (χ1) is 18.8. The molecule has 2 atom stereocenters. The standard InChI is InChI=1S/C28H25N3O4S4/c1-35-22-10-6-19(7-11-22)24-16-23(25-3-2-13-37-25)29-31(24)20-8-4-18(5-9-20)15-26-27(32)30(28(36)38-26)21-12-14-39(33,34)17-21/h2-11,13,15,21,24H,12,14,16-17H2,1H3/b26-15-/t21-,24-/m0/s1. The molecule has 0 bridgehead atoms. The minimum atomic E-state index is -3.12. The quantitative estimate of drug-likeness (QED) is 0.275. The van der Waals surface area contributed by atoms with Gasteiger partial charge in [-0.1, -0.05) is 54.3 Å². The number of nitrogens with zero attached hydrogens (tertiary/aromatic N) is 3. The van der Waals surface area contributed by atoms with Gasteiger partial charge in [0.2, 0.25) is 0 Å². The van der Waals surface area contributed by atoms with Gasteiger partial charge in [-0.25, -0.2) is 8.42 Å². The van der Waals surface area contributed by atoms with E-state index in [-0.39, 0.29) is 29.5 Å². The fraction of sp³-hybridized carbons (Fsp3) is 0.250. The van der Waals surface area contributed by atoms with Gasteiger partial charge in [-0.15, -0.1) is 11.3 Å². The van der Waals surface area contributed by atoms with Crippen LogP contribution in [-0.4, -0.2) is 53.9 Å². The lowest BCUT2D eigenvalue weighted by molar-refractivity contribution is -0.123. The number of ether oxygens (including phenoxy) is 1. The van der Waals surface area contributed by atoms with Crippen LogP contribution in [-0.2, 0) is 14.6 Å². The summed E-state index contributed by atoms with van der Waals surface area (Å²) in [5, 5.41) is 9.12. The number of thiophene rings is 1. The van der Waals surface area contributed by atoms with E-state index in [0.29, 0.717) is 15.6 Å². The highest BCUT2D eigenvalue weighted by Crippen LogP contribution is 2.39. The second-order valence-corrected chi connectivity index (χ2v) is 14.4. The van der Waals surface area contributed by atoms with Crippen LogP contribution in [0.15, 0.2) is 76.1 Å². The molecule has 200 valence electrons. The fourth-order valence-electron chi connectivity index (χ4n) is 5.07. The van der Waals surface area contributed by atoms with Gasteiger partial charge in [-0.2, -0.15) is 5.10 Å². The van der Waals surface area contributed by atoms with Crippen LogP contribution < -0.4 is 9.75 Å². The number of rotatable bonds is 6. The zero-order chi connectivity index (χ0) is 27.1. The third-order valence-electron chi connectivity index (χ3n) is 7.07. The van der Waals surface area contributed by atoms with Crippen LogP contribution in [0.25, 0.3) is 6.08 Å². The van der Waals surface area contributed by atoms with Crippen LogP contribution in [0.3, 0.4) is 0 Å². The van der Waals surface area contributed by atoms with E-state index in [4.69, 9.17) is 22.1 Å². The van der Waals surface area contributed by atoms with Gasteiger partial charge in [-0.3, -0.25) is 14.7 Å². The molecule has 0 N–H and O–H groups in total. The van der Waals surface area contributed by atoms with Gasteiger partial charge in [0, 0.05) is 6.42 Å². The lowest BCUT2D eigenvalue weighted by Gasteiger charge is -2.24. The highest BCUT2D eigenvalue weighted by molar-refractivity contribution is 8.26. The molecule has 1 amide bonds. The normalized spacial score (nSPS) is 23.6. The topological polar surface area (TPSA) is 79.3 Å². The molecule has 0 aliphatic carbocycles. The minimum Gasteiger partial charge on any atom is -0.497 e. The molecule has 2 fully saturated rings. The molecule has 0 spiro atoms. The lowest BCUT2D eigenvalue weighted by Crippen LogP contribution is -2.39. The minimum absolute atomic E-state index is 0.0272. The van der Waals surface area contributed by atoms with Crippen LogP contribution in [0.4, 0.5) is 5.69 Å². The predicted molar refractivity (Wildman–Crippen MR) is 162 cm³/mol. The van der Waals surface area contributed by atoms with E-state index >= 15 is 0 Å². The molecule has 11 heteroatoms. The maximum Gasteiger partial charge on any atom is 0.266 e. The van der Waals surface area contributed by atoms with Gasteiger partial charge in [0.1, 0.15) is 10.1 Å². The average Bonchev–Trinajstić information content (AvgIpc) is 3.72. The first-order valence-corrected chi connectivity index (χ1v) is 16.4. The highest BCUT2D eigenvalue weighted by Gasteiger charge is 2.42. The van der Waals surface area contributed by atoms with Crippen molar-refractivity contribution in [3.05, 3.63) is 87.0 Å². The van der Waals surface area contributed by atoms with E-state index in [9.17, 15) is 13.2 Å². The first-order valence-electron chi connectivity index (χ1n) is 12.4. The molecule has 0 radical (unpaired) electrons. The summed E-state index contributed by atoms with van der Waals surface area (Å²) in [6.07, 6.45) is 3.03. The Morgan fingerprint density at radius 1 is 1.10 bits per heavy atom. The summed E-state index contributed by atoms with van der Waals surface area (Å²) in [4.78, 5) is 16.3. The van der Waals surface area contributed by atoms with Crippen molar-refractivity contribution in [1.82, 2.24) is 4.90 Å². The first kappa shape index (κ1) is 26.2. The molecule has 0 saturated carbocycles. The number of hydrogen-bond donors (Lipinski definition) is 0. The van der Waals surface area contributed by atoms with Crippen molar-refractivity contribution < 1.29 is 17.9 Å². The third kappa shape index (κ3) is 5.28. The fourth-order valence-corrected chi connectivity index (χ4v) is 8.90. The van der Waals surface area contributed by atoms with E-state index < -0.39 is 9.84 Å². The van der Waals surface area contributed by atoms with Crippen LogP contribution in [0.2, 0.25) is 0 Å². The number of thiocarbonyl (C=S) groups is 1. The monoisotopic (exact) mass is 595 g/mol. The Balaban J connectivity index is 1.25. The largest absolute Gasteiger partial charge is 0.497 e. The number of carbonyl (C=O) groups is 1. The summed E-state index contributed by atoms with van der Waals surface area (Å²) in [6, 6.07) is 19.8. The number of hydrogen-bond acceptors (Lipinski definition) is 9. The van der Waals surface area contributed by atoms with E-state index in [0.717, 1.165) is 39.6 Å². The maximum absolute atomic E-state index is 13.1. The van der Waals surface area contributed by atoms with Crippen molar-refractivity contribution in [2.24, 2.45) is 5.10 Å². The number of hydrazone groups is 1. The van der Waals surface area contributed by atoms with E-state index in [1.165, 1.54) is 16.7 Å². The Morgan fingerprint density at radius 2 is 1.87 bits per heavy atom. The van der Waals surface area contributed by atoms with Crippen molar-refractivity contribution >= 4 is 72.9 Å². The van der Waals surface area contributed by atoms with Gasteiger partial charge >= 0.3 is 0 Å². The van der Waals surface area contributed by atoms with E-state index in [1.54, 1.807) is 18.4 Å². The zero-order valence-corrected chi connectivity index (χ0v) is 24.3. The predicted octanol–water partition coefficient (Wildman–Crippen LogP) is 5.50. The van der Waals surface area contributed by atoms with Gasteiger partial charge in [-0.05, 0) is 59.3 Å². The summed E-state index contributed by atoms with van der Waals surface area (Å²) in [7, 11) is -1.46. The Kier molecular flexibility index (Phi) is 7.09. The van der Waals surface area contributed by atoms with Crippen LogP contribution in [0, 0.1) is 0 Å². The lowest BCUT2D eigenvalue weighted by atomic mass is 10.0. The molecule has 0 unspecified atom stereocenters. The highest BCUT2D eigenvalue weighted by atomic mass is 32.2. The Bertz CT molecular complexity index is 1580. The number of thioether (sulfide) groups is 1. The second-order valence-electron chi connectivity index (χ2n) is 9.56.